The average molecular weight is 288 g/mol. The zero-order valence-corrected chi connectivity index (χ0v) is 13.4. The molecule has 0 bridgehead atoms. The zero-order valence-electron chi connectivity index (χ0n) is 13.4. The van der Waals surface area contributed by atoms with Gasteiger partial charge in [-0.1, -0.05) is 85.7 Å². The molecule has 112 valence electrons. The Balaban J connectivity index is 0.000000142. The molecule has 0 nitrogen and oxygen atoms in total. The summed E-state index contributed by atoms with van der Waals surface area (Å²) in [4.78, 5) is 0. The molecule has 2 aromatic carbocycles. The molecule has 0 spiro atoms. The number of hydrogen-bond donors (Lipinski definition) is 0. The number of unbranched alkanes of at least 4 members (excludes halogenated alkanes) is 1. The molecule has 0 heteroatoms. The summed E-state index contributed by atoms with van der Waals surface area (Å²) in [6.45, 7) is 2.24. The summed E-state index contributed by atoms with van der Waals surface area (Å²) in [5, 5.41) is 0. The first-order valence-corrected chi connectivity index (χ1v) is 8.39. The second kappa shape index (κ2) is 7.26. The molecule has 0 saturated carbocycles. The molecular weight excluding hydrogens is 264 g/mol. The Labute approximate surface area is 134 Å². The van der Waals surface area contributed by atoms with Gasteiger partial charge in [0.25, 0.3) is 0 Å². The normalized spacial score (nSPS) is 14.0. The van der Waals surface area contributed by atoms with Crippen LogP contribution in [0, 0.1) is 0 Å². The quantitative estimate of drug-likeness (QED) is 0.529. The SMILES string of the molecule is CCCCC1=CC=CC1.c1ccc2c(c1)Cc1ccccc1-2. The lowest BCUT2D eigenvalue weighted by Gasteiger charge is -1.98. The fourth-order valence-corrected chi connectivity index (χ4v) is 3.16. The molecule has 2 aliphatic carbocycles. The van der Waals surface area contributed by atoms with Crippen LogP contribution in [0.3, 0.4) is 0 Å². The van der Waals surface area contributed by atoms with Crippen LogP contribution in [-0.2, 0) is 6.42 Å². The van der Waals surface area contributed by atoms with E-state index in [0.29, 0.717) is 0 Å². The lowest BCUT2D eigenvalue weighted by molar-refractivity contribution is 0.779. The summed E-state index contributed by atoms with van der Waals surface area (Å²) in [5.41, 5.74) is 7.36. The minimum absolute atomic E-state index is 1.10. The maximum atomic E-state index is 2.25. The molecule has 2 aliphatic rings. The number of allylic oxidation sites excluding steroid dienone is 4. The van der Waals surface area contributed by atoms with E-state index in [-0.39, 0.29) is 0 Å². The highest BCUT2D eigenvalue weighted by Gasteiger charge is 2.15. The van der Waals surface area contributed by atoms with Crippen molar-refractivity contribution in [3.05, 3.63) is 83.5 Å². The highest BCUT2D eigenvalue weighted by molar-refractivity contribution is 5.76. The van der Waals surface area contributed by atoms with Gasteiger partial charge in [0.1, 0.15) is 0 Å². The van der Waals surface area contributed by atoms with Crippen LogP contribution in [0.4, 0.5) is 0 Å². The second-order valence-corrected chi connectivity index (χ2v) is 6.05. The molecule has 0 aromatic heterocycles. The molecule has 0 atom stereocenters. The van der Waals surface area contributed by atoms with Gasteiger partial charge in [-0.25, -0.2) is 0 Å². The molecule has 0 saturated heterocycles. The number of hydrogen-bond acceptors (Lipinski definition) is 0. The van der Waals surface area contributed by atoms with E-state index in [1.54, 1.807) is 5.57 Å². The predicted molar refractivity (Wildman–Crippen MR) is 96.0 cm³/mol. The molecule has 0 unspecified atom stereocenters. The van der Waals surface area contributed by atoms with Gasteiger partial charge in [0, 0.05) is 0 Å². The maximum absolute atomic E-state index is 2.25. The third-order valence-corrected chi connectivity index (χ3v) is 4.41. The van der Waals surface area contributed by atoms with Crippen LogP contribution in [0.15, 0.2) is 72.3 Å². The average Bonchev–Trinajstić information content (AvgIpc) is 3.21. The van der Waals surface area contributed by atoms with Crippen molar-refractivity contribution in [3.8, 4) is 11.1 Å². The van der Waals surface area contributed by atoms with Gasteiger partial charge in [0.15, 0.2) is 0 Å². The molecule has 0 heterocycles. The van der Waals surface area contributed by atoms with Crippen LogP contribution in [0.1, 0.15) is 43.7 Å². The molecule has 22 heavy (non-hydrogen) atoms. The predicted octanol–water partition coefficient (Wildman–Crippen LogP) is 6.32. The number of benzene rings is 2. The highest BCUT2D eigenvalue weighted by atomic mass is 14.2. The first kappa shape index (κ1) is 14.8. The molecule has 0 fully saturated rings. The topological polar surface area (TPSA) is 0 Å². The summed E-state index contributed by atoms with van der Waals surface area (Å²) in [6.07, 6.45) is 12.9. The van der Waals surface area contributed by atoms with Crippen molar-refractivity contribution in [1.29, 1.82) is 0 Å². The number of rotatable bonds is 3. The fourth-order valence-electron chi connectivity index (χ4n) is 3.16. The smallest absolute Gasteiger partial charge is 0.00135 e. The third-order valence-electron chi connectivity index (χ3n) is 4.41. The molecule has 0 aliphatic heterocycles. The van der Waals surface area contributed by atoms with Gasteiger partial charge in [-0.3, -0.25) is 0 Å². The lowest BCUT2D eigenvalue weighted by atomic mass is 10.1. The van der Waals surface area contributed by atoms with Crippen molar-refractivity contribution in [1.82, 2.24) is 0 Å². The fraction of sp³-hybridized carbons (Fsp3) is 0.273. The van der Waals surface area contributed by atoms with Gasteiger partial charge in [-0.05, 0) is 47.9 Å². The monoisotopic (exact) mass is 288 g/mol. The Kier molecular flexibility index (Phi) is 4.90. The van der Waals surface area contributed by atoms with E-state index in [4.69, 9.17) is 0 Å². The Bertz CT molecular complexity index is 645. The minimum atomic E-state index is 1.10. The second-order valence-electron chi connectivity index (χ2n) is 6.05. The van der Waals surface area contributed by atoms with E-state index < -0.39 is 0 Å². The van der Waals surface area contributed by atoms with Crippen molar-refractivity contribution < 1.29 is 0 Å². The molecular formula is C22H24. The number of fused-ring (bicyclic) bond motifs is 3. The lowest BCUT2D eigenvalue weighted by Crippen LogP contribution is -1.77. The summed E-state index contributed by atoms with van der Waals surface area (Å²) in [5.74, 6) is 0. The Hall–Kier alpha value is -2.08. The van der Waals surface area contributed by atoms with E-state index in [1.165, 1.54) is 47.9 Å². The Morgan fingerprint density at radius 1 is 0.864 bits per heavy atom. The third kappa shape index (κ3) is 3.39. The van der Waals surface area contributed by atoms with Crippen molar-refractivity contribution >= 4 is 0 Å². The van der Waals surface area contributed by atoms with Gasteiger partial charge in [-0.2, -0.15) is 0 Å². The molecule has 0 radical (unpaired) electrons. The standard InChI is InChI=1S/C13H10.C9H14/c1-3-7-12-10(5-1)9-11-6-2-4-8-13(11)12;1-2-3-6-9-7-4-5-8-9/h1-8H,9H2;4-5,7H,2-3,6,8H2,1H3. The molecule has 0 N–H and O–H groups in total. The largest absolute Gasteiger partial charge is 0.0805 e. The Morgan fingerprint density at radius 2 is 1.50 bits per heavy atom. The van der Waals surface area contributed by atoms with Gasteiger partial charge in [-0.15, -0.1) is 0 Å². The van der Waals surface area contributed by atoms with Crippen LogP contribution in [0.5, 0.6) is 0 Å². The summed E-state index contributed by atoms with van der Waals surface area (Å²) >= 11 is 0. The van der Waals surface area contributed by atoms with Crippen LogP contribution >= 0.6 is 0 Å². The zero-order chi connectivity index (χ0) is 15.2. The maximum Gasteiger partial charge on any atom is -0.00135 e. The van der Waals surface area contributed by atoms with E-state index in [1.807, 2.05) is 0 Å². The van der Waals surface area contributed by atoms with E-state index in [9.17, 15) is 0 Å². The highest BCUT2D eigenvalue weighted by Crippen LogP contribution is 2.35. The summed E-state index contributed by atoms with van der Waals surface area (Å²) in [7, 11) is 0. The van der Waals surface area contributed by atoms with Crippen molar-refractivity contribution in [2.24, 2.45) is 0 Å². The first-order valence-electron chi connectivity index (χ1n) is 8.39. The van der Waals surface area contributed by atoms with Crippen LogP contribution in [-0.4, -0.2) is 0 Å². The van der Waals surface area contributed by atoms with Gasteiger partial charge >= 0.3 is 0 Å². The molecule has 4 rings (SSSR count). The van der Waals surface area contributed by atoms with Crippen LogP contribution in [0.25, 0.3) is 11.1 Å². The molecule has 2 aromatic rings. The van der Waals surface area contributed by atoms with Crippen LogP contribution < -0.4 is 0 Å². The minimum Gasteiger partial charge on any atom is -0.0805 e. The van der Waals surface area contributed by atoms with Gasteiger partial charge < -0.3 is 0 Å². The summed E-state index contributed by atoms with van der Waals surface area (Å²) in [6, 6.07) is 17.3. The van der Waals surface area contributed by atoms with Crippen molar-refractivity contribution in [2.75, 3.05) is 0 Å². The first-order chi connectivity index (χ1) is 10.9. The van der Waals surface area contributed by atoms with Gasteiger partial charge in [0.2, 0.25) is 0 Å². The molecule has 0 amide bonds. The van der Waals surface area contributed by atoms with Crippen molar-refractivity contribution in [2.45, 2.75) is 39.0 Å². The summed E-state index contributed by atoms with van der Waals surface area (Å²) < 4.78 is 0. The van der Waals surface area contributed by atoms with E-state index >= 15 is 0 Å². The van der Waals surface area contributed by atoms with E-state index in [0.717, 1.165) is 6.42 Å². The Morgan fingerprint density at radius 3 is 2.05 bits per heavy atom. The van der Waals surface area contributed by atoms with Crippen molar-refractivity contribution in [3.63, 3.8) is 0 Å². The van der Waals surface area contributed by atoms with Gasteiger partial charge in [0.05, 0.1) is 0 Å². The van der Waals surface area contributed by atoms with E-state index in [2.05, 4.69) is 73.7 Å². The van der Waals surface area contributed by atoms with Crippen LogP contribution in [0.2, 0.25) is 0 Å².